The van der Waals surface area contributed by atoms with Crippen LogP contribution >= 0.6 is 0 Å². The lowest BCUT2D eigenvalue weighted by atomic mass is 9.87. The number of para-hydroxylation sites is 1. The van der Waals surface area contributed by atoms with Crippen molar-refractivity contribution in [2.75, 3.05) is 0 Å². The van der Waals surface area contributed by atoms with Crippen LogP contribution in [0.5, 0.6) is 5.75 Å². The van der Waals surface area contributed by atoms with Gasteiger partial charge in [0, 0.05) is 0 Å². The number of hydrogen-bond acceptors (Lipinski definition) is 2. The third-order valence-electron chi connectivity index (χ3n) is 3.15. The zero-order valence-electron chi connectivity index (χ0n) is 9.43. The van der Waals surface area contributed by atoms with Crippen LogP contribution in [0.2, 0.25) is 0 Å². The maximum Gasteiger partial charge on any atom is 0.306 e. The molecule has 92 valence electrons. The van der Waals surface area contributed by atoms with Gasteiger partial charge in [0.15, 0.2) is 11.6 Å². The van der Waals surface area contributed by atoms with Crippen molar-refractivity contribution < 1.29 is 19.0 Å². The van der Waals surface area contributed by atoms with Crippen LogP contribution in [0.15, 0.2) is 24.3 Å². The molecular weight excluding hydrogens is 223 g/mol. The Kier molecular flexibility index (Phi) is 3.61. The first kappa shape index (κ1) is 11.9. The summed E-state index contributed by atoms with van der Waals surface area (Å²) in [7, 11) is 0. The first-order valence-corrected chi connectivity index (χ1v) is 5.81. The summed E-state index contributed by atoms with van der Waals surface area (Å²) >= 11 is 0. The third kappa shape index (κ3) is 2.96. The Hall–Kier alpha value is -1.58. The molecule has 4 heteroatoms. The van der Waals surface area contributed by atoms with E-state index in [-0.39, 0.29) is 23.6 Å². The van der Waals surface area contributed by atoms with Crippen molar-refractivity contribution >= 4 is 5.97 Å². The largest absolute Gasteiger partial charge is 0.487 e. The molecule has 3 nitrogen and oxygen atoms in total. The van der Waals surface area contributed by atoms with E-state index in [2.05, 4.69) is 0 Å². The van der Waals surface area contributed by atoms with Crippen molar-refractivity contribution in [3.63, 3.8) is 0 Å². The lowest BCUT2D eigenvalue weighted by Gasteiger charge is -2.26. The summed E-state index contributed by atoms with van der Waals surface area (Å²) in [6, 6.07) is 6.29. The van der Waals surface area contributed by atoms with Crippen molar-refractivity contribution in [2.24, 2.45) is 5.92 Å². The zero-order valence-corrected chi connectivity index (χ0v) is 9.43. The van der Waals surface area contributed by atoms with Crippen molar-refractivity contribution in [3.05, 3.63) is 30.1 Å². The Morgan fingerprint density at radius 2 is 1.88 bits per heavy atom. The van der Waals surface area contributed by atoms with E-state index in [1.54, 1.807) is 18.2 Å². The molecule has 0 bridgehead atoms. The van der Waals surface area contributed by atoms with Crippen molar-refractivity contribution in [3.8, 4) is 5.75 Å². The van der Waals surface area contributed by atoms with E-state index < -0.39 is 5.97 Å². The Morgan fingerprint density at radius 3 is 2.47 bits per heavy atom. The number of halogens is 1. The van der Waals surface area contributed by atoms with Crippen LogP contribution in [0.4, 0.5) is 4.39 Å². The normalized spacial score (nSPS) is 24.3. The fraction of sp³-hybridized carbons (Fsp3) is 0.462. The lowest BCUT2D eigenvalue weighted by Crippen LogP contribution is -2.28. The van der Waals surface area contributed by atoms with Crippen LogP contribution in [-0.4, -0.2) is 17.2 Å². The van der Waals surface area contributed by atoms with Crippen molar-refractivity contribution in [1.82, 2.24) is 0 Å². The van der Waals surface area contributed by atoms with Gasteiger partial charge in [0.2, 0.25) is 0 Å². The first-order chi connectivity index (χ1) is 8.16. The number of carboxylic acid groups (broad SMARTS) is 1. The molecule has 0 aliphatic heterocycles. The van der Waals surface area contributed by atoms with E-state index in [0.29, 0.717) is 25.7 Å². The highest BCUT2D eigenvalue weighted by Gasteiger charge is 2.27. The Balaban J connectivity index is 1.90. The zero-order chi connectivity index (χ0) is 12.3. The van der Waals surface area contributed by atoms with Crippen LogP contribution < -0.4 is 4.74 Å². The average Bonchev–Trinajstić information content (AvgIpc) is 2.33. The van der Waals surface area contributed by atoms with E-state index in [1.807, 2.05) is 0 Å². The molecule has 0 spiro atoms. The number of carbonyl (C=O) groups is 1. The summed E-state index contributed by atoms with van der Waals surface area (Å²) in [5.41, 5.74) is 0. The summed E-state index contributed by atoms with van der Waals surface area (Å²) in [5.74, 6) is -1.12. The highest BCUT2D eigenvalue weighted by molar-refractivity contribution is 5.70. The molecule has 1 saturated carbocycles. The molecule has 1 aromatic carbocycles. The predicted molar refractivity (Wildman–Crippen MR) is 60.4 cm³/mol. The molecule has 0 radical (unpaired) electrons. The molecule has 0 amide bonds. The molecule has 2 rings (SSSR count). The van der Waals surface area contributed by atoms with Gasteiger partial charge in [0.1, 0.15) is 0 Å². The summed E-state index contributed by atoms with van der Waals surface area (Å²) in [6.45, 7) is 0. The predicted octanol–water partition coefficient (Wildman–Crippen LogP) is 2.85. The first-order valence-electron chi connectivity index (χ1n) is 5.81. The molecule has 0 aromatic heterocycles. The number of rotatable bonds is 3. The van der Waals surface area contributed by atoms with Crippen LogP contribution in [0, 0.1) is 11.7 Å². The second-order valence-corrected chi connectivity index (χ2v) is 4.36. The van der Waals surface area contributed by atoms with Gasteiger partial charge < -0.3 is 9.84 Å². The van der Waals surface area contributed by atoms with Gasteiger partial charge in [-0.15, -0.1) is 0 Å². The van der Waals surface area contributed by atoms with Crippen LogP contribution in [0.3, 0.4) is 0 Å². The standard InChI is InChI=1S/C13H15FO3/c14-11-3-1-2-4-12(11)17-10-7-5-9(6-8-10)13(15)16/h1-4,9-10H,5-8H2,(H,15,16). The van der Waals surface area contributed by atoms with Crippen LogP contribution in [0.1, 0.15) is 25.7 Å². The Labute approximate surface area is 99.2 Å². The summed E-state index contributed by atoms with van der Waals surface area (Å²) in [6.07, 6.45) is 2.49. The van der Waals surface area contributed by atoms with Crippen LogP contribution in [0.25, 0.3) is 0 Å². The van der Waals surface area contributed by atoms with Gasteiger partial charge in [0.25, 0.3) is 0 Å². The molecule has 1 aliphatic rings. The molecule has 0 saturated heterocycles. The Morgan fingerprint density at radius 1 is 1.24 bits per heavy atom. The van der Waals surface area contributed by atoms with Crippen LogP contribution in [-0.2, 0) is 4.79 Å². The summed E-state index contributed by atoms with van der Waals surface area (Å²) in [4.78, 5) is 10.8. The monoisotopic (exact) mass is 238 g/mol. The average molecular weight is 238 g/mol. The molecule has 1 aromatic rings. The van der Waals surface area contributed by atoms with Gasteiger partial charge in [0.05, 0.1) is 12.0 Å². The minimum atomic E-state index is -0.741. The maximum absolute atomic E-state index is 13.3. The lowest BCUT2D eigenvalue weighted by molar-refractivity contribution is -0.143. The second kappa shape index (κ2) is 5.17. The number of benzene rings is 1. The molecule has 0 heterocycles. The molecular formula is C13H15FO3. The van der Waals surface area contributed by atoms with Gasteiger partial charge in [-0.05, 0) is 37.8 Å². The Bertz CT molecular complexity index is 397. The van der Waals surface area contributed by atoms with Gasteiger partial charge in [-0.2, -0.15) is 0 Å². The topological polar surface area (TPSA) is 46.5 Å². The van der Waals surface area contributed by atoms with E-state index >= 15 is 0 Å². The highest BCUT2D eigenvalue weighted by atomic mass is 19.1. The van der Waals surface area contributed by atoms with E-state index in [0.717, 1.165) is 0 Å². The summed E-state index contributed by atoms with van der Waals surface area (Å²) in [5, 5.41) is 8.86. The molecule has 1 fully saturated rings. The van der Waals surface area contributed by atoms with E-state index in [9.17, 15) is 9.18 Å². The molecule has 0 atom stereocenters. The van der Waals surface area contributed by atoms with E-state index in [4.69, 9.17) is 9.84 Å². The van der Waals surface area contributed by atoms with Crippen molar-refractivity contribution in [2.45, 2.75) is 31.8 Å². The minimum Gasteiger partial charge on any atom is -0.487 e. The molecule has 1 aliphatic carbocycles. The minimum absolute atomic E-state index is 0.0671. The fourth-order valence-electron chi connectivity index (χ4n) is 2.15. The van der Waals surface area contributed by atoms with Gasteiger partial charge in [-0.1, -0.05) is 12.1 Å². The highest BCUT2D eigenvalue weighted by Crippen LogP contribution is 2.28. The SMILES string of the molecule is O=C(O)C1CCC(Oc2ccccc2F)CC1. The van der Waals surface area contributed by atoms with Crippen molar-refractivity contribution in [1.29, 1.82) is 0 Å². The number of hydrogen-bond donors (Lipinski definition) is 1. The number of carboxylic acids is 1. The number of aliphatic carboxylic acids is 1. The molecule has 17 heavy (non-hydrogen) atoms. The van der Waals surface area contributed by atoms with Gasteiger partial charge in [-0.25, -0.2) is 4.39 Å². The maximum atomic E-state index is 13.3. The molecule has 0 unspecified atom stereocenters. The van der Waals surface area contributed by atoms with Gasteiger partial charge in [-0.3, -0.25) is 4.79 Å². The fourth-order valence-corrected chi connectivity index (χ4v) is 2.15. The molecule has 1 N–H and O–H groups in total. The second-order valence-electron chi connectivity index (χ2n) is 4.36. The smallest absolute Gasteiger partial charge is 0.306 e. The van der Waals surface area contributed by atoms with E-state index in [1.165, 1.54) is 6.07 Å². The third-order valence-corrected chi connectivity index (χ3v) is 3.15. The number of ether oxygens (including phenoxy) is 1. The summed E-state index contributed by atoms with van der Waals surface area (Å²) < 4.78 is 18.9. The quantitative estimate of drug-likeness (QED) is 0.880. The van der Waals surface area contributed by atoms with Gasteiger partial charge >= 0.3 is 5.97 Å².